The second kappa shape index (κ2) is 6.56. The van der Waals surface area contributed by atoms with E-state index in [0.29, 0.717) is 19.4 Å². The number of carboxylic acids is 1. The average molecular weight is 189 g/mol. The minimum atomic E-state index is -1.01. The van der Waals surface area contributed by atoms with E-state index in [4.69, 9.17) is 15.6 Å². The quantitative estimate of drug-likeness (QED) is 0.540. The third kappa shape index (κ3) is 7.42. The molecule has 3 N–H and O–H groups in total. The lowest BCUT2D eigenvalue weighted by Gasteiger charge is -2.05. The van der Waals surface area contributed by atoms with Crippen LogP contribution in [0.1, 0.15) is 19.8 Å². The Kier molecular flexibility index (Phi) is 6.09. The molecular weight excluding hydrogens is 174 g/mol. The van der Waals surface area contributed by atoms with Crippen molar-refractivity contribution in [3.05, 3.63) is 0 Å². The van der Waals surface area contributed by atoms with Crippen molar-refractivity contribution in [3.8, 4) is 0 Å². The molecule has 0 spiro atoms. The summed E-state index contributed by atoms with van der Waals surface area (Å²) in [4.78, 5) is 20.7. The molecule has 0 saturated carbocycles. The van der Waals surface area contributed by atoms with Crippen molar-refractivity contribution in [3.63, 3.8) is 0 Å². The number of rotatable bonds is 7. The number of carbonyl (C=O) groups excluding carboxylic acids is 1. The number of ketones is 1. The van der Waals surface area contributed by atoms with Crippen LogP contribution in [-0.2, 0) is 14.3 Å². The van der Waals surface area contributed by atoms with Gasteiger partial charge in [0, 0.05) is 6.61 Å². The number of carbonyl (C=O) groups is 2. The van der Waals surface area contributed by atoms with Crippen LogP contribution in [0.2, 0.25) is 0 Å². The number of aliphatic carboxylic acids is 1. The van der Waals surface area contributed by atoms with E-state index in [2.05, 4.69) is 0 Å². The minimum absolute atomic E-state index is 0.0393. The molecule has 0 aliphatic heterocycles. The van der Waals surface area contributed by atoms with Gasteiger partial charge in [0.1, 0.15) is 12.6 Å². The molecule has 0 heterocycles. The predicted octanol–water partition coefficient (Wildman–Crippen LogP) is -0.216. The Bertz CT molecular complexity index is 181. The molecule has 0 rings (SSSR count). The number of hydrogen-bond acceptors (Lipinski definition) is 4. The predicted molar refractivity (Wildman–Crippen MR) is 46.3 cm³/mol. The highest BCUT2D eigenvalue weighted by Gasteiger charge is 2.09. The lowest BCUT2D eigenvalue weighted by Crippen LogP contribution is -2.30. The van der Waals surface area contributed by atoms with Crippen molar-refractivity contribution in [2.75, 3.05) is 13.2 Å². The van der Waals surface area contributed by atoms with Gasteiger partial charge < -0.3 is 15.6 Å². The molecule has 0 aliphatic carbocycles. The number of nitrogens with two attached hydrogens (primary N) is 1. The van der Waals surface area contributed by atoms with E-state index < -0.39 is 12.0 Å². The Labute approximate surface area is 76.9 Å². The highest BCUT2D eigenvalue weighted by Crippen LogP contribution is 1.95. The molecule has 5 nitrogen and oxygen atoms in total. The summed E-state index contributed by atoms with van der Waals surface area (Å²) < 4.78 is 4.93. The van der Waals surface area contributed by atoms with Crippen molar-refractivity contribution in [2.45, 2.75) is 25.8 Å². The zero-order valence-corrected chi connectivity index (χ0v) is 7.66. The van der Waals surface area contributed by atoms with Crippen molar-refractivity contribution >= 4 is 11.8 Å². The standard InChI is InChI=1S/C8H15NO4/c1-6(10)5-13-4-2-3-7(9)8(11)12/h7H,2-5,9H2,1H3,(H,11,12). The summed E-state index contributed by atoms with van der Waals surface area (Å²) in [6.45, 7) is 1.89. The minimum Gasteiger partial charge on any atom is -0.480 e. The smallest absolute Gasteiger partial charge is 0.320 e. The highest BCUT2D eigenvalue weighted by molar-refractivity contribution is 5.76. The molecule has 0 saturated heterocycles. The van der Waals surface area contributed by atoms with E-state index in [0.717, 1.165) is 0 Å². The first kappa shape index (κ1) is 12.1. The molecule has 13 heavy (non-hydrogen) atoms. The summed E-state index contributed by atoms with van der Waals surface area (Å²) in [7, 11) is 0. The first-order chi connectivity index (χ1) is 6.04. The van der Waals surface area contributed by atoms with Gasteiger partial charge in [-0.05, 0) is 19.8 Å². The van der Waals surface area contributed by atoms with Crippen LogP contribution >= 0.6 is 0 Å². The van der Waals surface area contributed by atoms with Crippen LogP contribution in [0.25, 0.3) is 0 Å². The largest absolute Gasteiger partial charge is 0.480 e. The lowest BCUT2D eigenvalue weighted by atomic mass is 10.2. The Hall–Kier alpha value is -0.940. The first-order valence-electron chi connectivity index (χ1n) is 4.09. The molecule has 1 unspecified atom stereocenters. The van der Waals surface area contributed by atoms with Gasteiger partial charge in [-0.2, -0.15) is 0 Å². The molecule has 0 aromatic rings. The van der Waals surface area contributed by atoms with Gasteiger partial charge in [0.05, 0.1) is 0 Å². The monoisotopic (exact) mass is 189 g/mol. The van der Waals surface area contributed by atoms with Crippen molar-refractivity contribution in [1.29, 1.82) is 0 Å². The summed E-state index contributed by atoms with van der Waals surface area (Å²) in [6, 6.07) is -0.832. The van der Waals surface area contributed by atoms with Gasteiger partial charge in [-0.3, -0.25) is 9.59 Å². The van der Waals surface area contributed by atoms with Crippen LogP contribution in [0, 0.1) is 0 Å². The van der Waals surface area contributed by atoms with Crippen LogP contribution in [-0.4, -0.2) is 36.1 Å². The second-order valence-corrected chi connectivity index (χ2v) is 2.84. The Morgan fingerprint density at radius 2 is 2.15 bits per heavy atom. The number of hydrogen-bond donors (Lipinski definition) is 2. The van der Waals surface area contributed by atoms with Crippen molar-refractivity contribution in [1.82, 2.24) is 0 Å². The van der Waals surface area contributed by atoms with Gasteiger partial charge in [0.15, 0.2) is 5.78 Å². The summed E-state index contributed by atoms with van der Waals surface area (Å²) in [6.07, 6.45) is 0.925. The third-order valence-electron chi connectivity index (χ3n) is 1.43. The van der Waals surface area contributed by atoms with Gasteiger partial charge in [-0.25, -0.2) is 0 Å². The van der Waals surface area contributed by atoms with Gasteiger partial charge >= 0.3 is 5.97 Å². The van der Waals surface area contributed by atoms with Crippen molar-refractivity contribution < 1.29 is 19.4 Å². The molecule has 0 amide bonds. The Balaban J connectivity index is 3.26. The molecular formula is C8H15NO4. The fourth-order valence-electron chi connectivity index (χ4n) is 0.745. The van der Waals surface area contributed by atoms with Crippen molar-refractivity contribution in [2.24, 2.45) is 5.73 Å². The van der Waals surface area contributed by atoms with Gasteiger partial charge in [-0.1, -0.05) is 0 Å². The van der Waals surface area contributed by atoms with E-state index in [1.54, 1.807) is 0 Å². The molecule has 0 fully saturated rings. The summed E-state index contributed by atoms with van der Waals surface area (Å²) in [5.41, 5.74) is 5.24. The SMILES string of the molecule is CC(=O)COCCCC(N)C(=O)O. The van der Waals surface area contributed by atoms with Gasteiger partial charge in [-0.15, -0.1) is 0 Å². The maximum Gasteiger partial charge on any atom is 0.320 e. The summed E-state index contributed by atoms with van der Waals surface area (Å²) in [5, 5.41) is 8.41. The average Bonchev–Trinajstić information content (AvgIpc) is 2.02. The molecule has 0 radical (unpaired) electrons. The van der Waals surface area contributed by atoms with E-state index >= 15 is 0 Å². The number of Topliss-reactive ketones (excluding diaryl/α,β-unsaturated/α-hetero) is 1. The molecule has 1 atom stereocenters. The number of carboxylic acid groups (broad SMARTS) is 1. The first-order valence-corrected chi connectivity index (χ1v) is 4.09. The summed E-state index contributed by atoms with van der Waals surface area (Å²) in [5.74, 6) is -1.05. The summed E-state index contributed by atoms with van der Waals surface area (Å²) >= 11 is 0. The van der Waals surface area contributed by atoms with E-state index in [-0.39, 0.29) is 12.4 Å². The van der Waals surface area contributed by atoms with E-state index in [1.807, 2.05) is 0 Å². The molecule has 76 valence electrons. The lowest BCUT2D eigenvalue weighted by molar-refractivity contribution is -0.138. The fraction of sp³-hybridized carbons (Fsp3) is 0.750. The molecule has 0 aromatic carbocycles. The third-order valence-corrected chi connectivity index (χ3v) is 1.43. The van der Waals surface area contributed by atoms with Crippen LogP contribution < -0.4 is 5.73 Å². The molecule has 0 bridgehead atoms. The zero-order chi connectivity index (χ0) is 10.3. The Morgan fingerprint density at radius 1 is 1.54 bits per heavy atom. The Morgan fingerprint density at radius 3 is 2.62 bits per heavy atom. The maximum atomic E-state index is 10.4. The van der Waals surface area contributed by atoms with Gasteiger partial charge in [0.25, 0.3) is 0 Å². The van der Waals surface area contributed by atoms with E-state index in [9.17, 15) is 9.59 Å². The highest BCUT2D eigenvalue weighted by atomic mass is 16.5. The second-order valence-electron chi connectivity index (χ2n) is 2.84. The van der Waals surface area contributed by atoms with Crippen LogP contribution in [0.5, 0.6) is 0 Å². The van der Waals surface area contributed by atoms with Crippen LogP contribution in [0.3, 0.4) is 0 Å². The molecule has 5 heteroatoms. The van der Waals surface area contributed by atoms with Gasteiger partial charge in [0.2, 0.25) is 0 Å². The zero-order valence-electron chi connectivity index (χ0n) is 7.66. The van der Waals surface area contributed by atoms with E-state index in [1.165, 1.54) is 6.92 Å². The topological polar surface area (TPSA) is 89.6 Å². The van der Waals surface area contributed by atoms with Crippen LogP contribution in [0.4, 0.5) is 0 Å². The maximum absolute atomic E-state index is 10.4. The fourth-order valence-corrected chi connectivity index (χ4v) is 0.745. The molecule has 0 aromatic heterocycles. The normalized spacial score (nSPS) is 12.5. The number of ether oxygens (including phenoxy) is 1. The molecule has 0 aliphatic rings. The van der Waals surface area contributed by atoms with Crippen LogP contribution in [0.15, 0.2) is 0 Å².